The first-order valence-corrected chi connectivity index (χ1v) is 17.6. The van der Waals surface area contributed by atoms with Gasteiger partial charge < -0.3 is 38.5 Å². The molecule has 5 aromatic rings. The van der Waals surface area contributed by atoms with E-state index < -0.39 is 15.8 Å². The summed E-state index contributed by atoms with van der Waals surface area (Å²) in [5, 5.41) is 13.9. The number of aromatic nitrogens is 1. The number of halogens is 3. The molecule has 2 amide bonds. The Morgan fingerprint density at radius 2 is 1.66 bits per heavy atom. The summed E-state index contributed by atoms with van der Waals surface area (Å²) in [5.41, 5.74) is 1.17. The lowest BCUT2D eigenvalue weighted by atomic mass is 10.00. The fourth-order valence-corrected chi connectivity index (χ4v) is 6.16. The lowest BCUT2D eigenvalue weighted by Crippen LogP contribution is -2.31. The van der Waals surface area contributed by atoms with E-state index in [0.29, 0.717) is 46.7 Å². The van der Waals surface area contributed by atoms with E-state index >= 15 is 0 Å². The number of fused-ring (bicyclic) bond motifs is 6. The molecule has 53 heavy (non-hydrogen) atoms. The van der Waals surface area contributed by atoms with E-state index in [-0.39, 0.29) is 49.2 Å². The van der Waals surface area contributed by atoms with Crippen LogP contribution in [0.25, 0.3) is 32.4 Å². The van der Waals surface area contributed by atoms with Gasteiger partial charge in [0, 0.05) is 42.7 Å². The van der Waals surface area contributed by atoms with E-state index in [2.05, 4.69) is 5.32 Å². The van der Waals surface area contributed by atoms with Crippen LogP contribution in [0.3, 0.4) is 0 Å². The van der Waals surface area contributed by atoms with Gasteiger partial charge in [0.15, 0.2) is 23.0 Å². The second-order valence-electron chi connectivity index (χ2n) is 12.5. The summed E-state index contributed by atoms with van der Waals surface area (Å²) in [7, 11) is 6.82. The third kappa shape index (κ3) is 8.03. The Morgan fingerprint density at radius 1 is 0.943 bits per heavy atom. The van der Waals surface area contributed by atoms with Crippen molar-refractivity contribution in [2.24, 2.45) is 0 Å². The number of hydrogen-bond acceptors (Lipinski definition) is 10. The summed E-state index contributed by atoms with van der Waals surface area (Å²) < 4.78 is 27.7. The van der Waals surface area contributed by atoms with Gasteiger partial charge in [-0.15, -0.1) is 0 Å². The summed E-state index contributed by atoms with van der Waals surface area (Å²) in [6, 6.07) is 17.7. The number of carbonyl (C=O) groups excluding carboxylic acids is 2. The van der Waals surface area contributed by atoms with Gasteiger partial charge in [0.25, 0.3) is 9.35 Å². The fourth-order valence-electron chi connectivity index (χ4n) is 6.00. The number of alkyl halides is 3. The fraction of sp³-hybridized carbons (Fsp3) is 0.297. The molecule has 16 heteroatoms. The number of amides is 2. The molecule has 0 spiro atoms. The molecule has 278 valence electrons. The van der Waals surface area contributed by atoms with Gasteiger partial charge >= 0.3 is 6.09 Å². The molecule has 1 aliphatic rings. The van der Waals surface area contributed by atoms with E-state index in [1.165, 1.54) is 25.1 Å². The molecule has 1 aliphatic heterocycles. The van der Waals surface area contributed by atoms with Gasteiger partial charge in [0.2, 0.25) is 18.6 Å². The van der Waals surface area contributed by atoms with Crippen LogP contribution in [0, 0.1) is 5.41 Å². The van der Waals surface area contributed by atoms with Crippen LogP contribution in [0.4, 0.5) is 16.2 Å². The summed E-state index contributed by atoms with van der Waals surface area (Å²) in [6.07, 6.45) is -0.520. The normalized spacial score (nSPS) is 12.4. The molecule has 2 N–H and O–H groups in total. The van der Waals surface area contributed by atoms with Crippen molar-refractivity contribution in [2.75, 3.05) is 58.4 Å². The predicted molar refractivity (Wildman–Crippen MR) is 207 cm³/mol. The average molecular weight is 785 g/mol. The first-order chi connectivity index (χ1) is 25.3. The predicted octanol–water partition coefficient (Wildman–Crippen LogP) is 7.32. The van der Waals surface area contributed by atoms with Crippen LogP contribution in [-0.4, -0.2) is 79.4 Å². The number of pyridine rings is 1. The zero-order valence-electron chi connectivity index (χ0n) is 29.3. The van der Waals surface area contributed by atoms with Gasteiger partial charge in [-0.1, -0.05) is 59.1 Å². The topological polar surface area (TPSA) is 145 Å². The van der Waals surface area contributed by atoms with E-state index in [9.17, 15) is 14.4 Å². The van der Waals surface area contributed by atoms with Crippen molar-refractivity contribution in [3.05, 3.63) is 71.0 Å². The maximum Gasteiger partial charge on any atom is 0.419 e. The molecule has 0 atom stereocenters. The van der Waals surface area contributed by atoms with Crippen molar-refractivity contribution in [1.29, 1.82) is 5.41 Å². The minimum Gasteiger partial charge on any atom is -0.493 e. The lowest BCUT2D eigenvalue weighted by molar-refractivity contribution is -0.116. The number of likely N-dealkylation sites (N-methyl/N-ethyl adjacent to an activating group) is 1. The SMILES string of the molecule is COc1cc2c(cc1OC(=O)N(C)c1ccccc1NC(=O)CCCOC(=N)C(Cl)(Cl)Cl)c(=O)n(CCN(C)C)c1c3cc4c(cc3ccc21)OCO4. The minimum absolute atomic E-state index is 0.0130. The number of nitrogens with zero attached hydrogens (tertiary/aromatic N) is 3. The number of para-hydroxylation sites is 2. The summed E-state index contributed by atoms with van der Waals surface area (Å²) >= 11 is 16.8. The van der Waals surface area contributed by atoms with E-state index in [1.54, 1.807) is 34.9 Å². The number of rotatable bonds is 11. The first-order valence-electron chi connectivity index (χ1n) is 16.4. The molecule has 0 radical (unpaired) electrons. The van der Waals surface area contributed by atoms with Crippen molar-refractivity contribution >= 4 is 96.5 Å². The van der Waals surface area contributed by atoms with Crippen molar-refractivity contribution in [3.63, 3.8) is 0 Å². The van der Waals surface area contributed by atoms with Gasteiger partial charge in [-0.2, -0.15) is 0 Å². The molecule has 0 fully saturated rings. The Hall–Kier alpha value is -4.95. The zero-order chi connectivity index (χ0) is 38.0. The van der Waals surface area contributed by atoms with Crippen LogP contribution < -0.4 is 34.7 Å². The number of benzene rings is 4. The second kappa shape index (κ2) is 15.6. The highest BCUT2D eigenvalue weighted by Gasteiger charge is 2.28. The molecule has 0 saturated carbocycles. The zero-order valence-corrected chi connectivity index (χ0v) is 31.5. The lowest BCUT2D eigenvalue weighted by Gasteiger charge is -2.22. The molecular formula is C37H36Cl3N5O8. The van der Waals surface area contributed by atoms with Crippen LogP contribution in [0.15, 0.2) is 65.5 Å². The number of methoxy groups -OCH3 is 1. The van der Waals surface area contributed by atoms with Gasteiger partial charge in [-0.25, -0.2) is 4.79 Å². The molecule has 0 unspecified atom stereocenters. The minimum atomic E-state index is -1.99. The van der Waals surface area contributed by atoms with Gasteiger partial charge in [-0.05, 0) is 62.3 Å². The number of ether oxygens (including phenoxy) is 5. The van der Waals surface area contributed by atoms with Crippen LogP contribution in [0.1, 0.15) is 12.8 Å². The smallest absolute Gasteiger partial charge is 0.419 e. The quantitative estimate of drug-likeness (QED) is 0.0463. The number of carbonyl (C=O) groups is 2. The molecule has 13 nitrogen and oxygen atoms in total. The maximum absolute atomic E-state index is 14.4. The van der Waals surface area contributed by atoms with Crippen molar-refractivity contribution < 1.29 is 33.3 Å². The Bertz CT molecular complexity index is 2310. The van der Waals surface area contributed by atoms with Gasteiger partial charge in [-0.3, -0.25) is 19.9 Å². The average Bonchev–Trinajstić information content (AvgIpc) is 3.59. The van der Waals surface area contributed by atoms with Gasteiger partial charge in [0.1, 0.15) is 0 Å². The molecule has 2 heterocycles. The Kier molecular flexibility index (Phi) is 11.1. The Balaban J connectivity index is 1.30. The van der Waals surface area contributed by atoms with Crippen LogP contribution in [-0.2, 0) is 16.1 Å². The first kappa shape index (κ1) is 37.8. The molecule has 6 rings (SSSR count). The molecular weight excluding hydrogens is 749 g/mol. The van der Waals surface area contributed by atoms with Gasteiger partial charge in [0.05, 0.1) is 36.0 Å². The van der Waals surface area contributed by atoms with Crippen LogP contribution >= 0.6 is 34.8 Å². The molecule has 0 saturated heterocycles. The highest BCUT2D eigenvalue weighted by molar-refractivity contribution is 6.76. The van der Waals surface area contributed by atoms with Crippen molar-refractivity contribution in [1.82, 2.24) is 9.47 Å². The highest BCUT2D eigenvalue weighted by Crippen LogP contribution is 2.41. The third-order valence-corrected chi connectivity index (χ3v) is 9.17. The van der Waals surface area contributed by atoms with E-state index in [4.69, 9.17) is 63.9 Å². The van der Waals surface area contributed by atoms with E-state index in [0.717, 1.165) is 21.7 Å². The van der Waals surface area contributed by atoms with Crippen LogP contribution in [0.5, 0.6) is 23.0 Å². The summed E-state index contributed by atoms with van der Waals surface area (Å²) in [6.45, 7) is 1.10. The third-order valence-electron chi connectivity index (χ3n) is 8.66. The number of hydrogen-bond donors (Lipinski definition) is 2. The van der Waals surface area contributed by atoms with Crippen LogP contribution in [0.2, 0.25) is 0 Å². The summed E-state index contributed by atoms with van der Waals surface area (Å²) in [5.74, 6) is 0.623. The monoisotopic (exact) mass is 783 g/mol. The highest BCUT2D eigenvalue weighted by atomic mass is 35.6. The standard InChI is InChI=1S/C37H36Cl3N5O8/c1-43(2)13-14-45-33-22(12-11-21-16-29-30(17-23(21)33)52-20-51-29)24-18-28(49-4)31(19-25(24)34(45)47)53-36(48)44(3)27-9-6-5-8-26(27)42-32(46)10-7-15-50-35(41)37(38,39)40/h5-6,8-9,11-12,16-19,41H,7,10,13-15,20H2,1-4H3,(H,42,46). The second-order valence-corrected chi connectivity index (χ2v) is 14.7. The molecule has 0 aliphatic carbocycles. The molecule has 4 aromatic carbocycles. The Morgan fingerprint density at radius 3 is 2.38 bits per heavy atom. The number of anilines is 2. The molecule has 1 aromatic heterocycles. The maximum atomic E-state index is 14.4. The van der Waals surface area contributed by atoms with Crippen molar-refractivity contribution in [2.45, 2.75) is 23.2 Å². The van der Waals surface area contributed by atoms with Crippen molar-refractivity contribution in [3.8, 4) is 23.0 Å². The number of nitrogens with one attached hydrogen (secondary N) is 2. The summed E-state index contributed by atoms with van der Waals surface area (Å²) in [4.78, 5) is 44.0. The molecule has 0 bridgehead atoms. The van der Waals surface area contributed by atoms with E-state index in [1.807, 2.05) is 43.3 Å². The largest absolute Gasteiger partial charge is 0.493 e. The Labute approximate surface area is 319 Å².